The summed E-state index contributed by atoms with van der Waals surface area (Å²) >= 11 is -0.738. The second kappa shape index (κ2) is 3.68. The van der Waals surface area contributed by atoms with E-state index in [1.807, 2.05) is 4.94 Å². The van der Waals surface area contributed by atoms with Crippen molar-refractivity contribution in [1.29, 1.82) is 0 Å². The van der Waals surface area contributed by atoms with Gasteiger partial charge in [0.15, 0.2) is 0 Å². The molecule has 0 heterocycles. The van der Waals surface area contributed by atoms with E-state index in [1.165, 1.54) is 12.1 Å². The third kappa shape index (κ3) is 2.40. The maximum absolute atomic E-state index is 12.1. The fourth-order valence-corrected chi connectivity index (χ4v) is 2.46. The van der Waals surface area contributed by atoms with Crippen LogP contribution in [0.5, 0.6) is 0 Å². The van der Waals surface area contributed by atoms with E-state index in [2.05, 4.69) is 0 Å². The predicted molar refractivity (Wildman–Crippen MR) is 42.7 cm³/mol. The zero-order valence-electron chi connectivity index (χ0n) is 6.44. The third-order valence-corrected chi connectivity index (χ3v) is 4.01. The summed E-state index contributed by atoms with van der Waals surface area (Å²) in [5, 5.41) is 0. The monoisotopic (exact) mass is 280 g/mol. The molecule has 1 aromatic carbocycles. The topological polar surface area (TPSA) is 0 Å². The van der Waals surface area contributed by atoms with Crippen LogP contribution < -0.4 is 3.58 Å². The van der Waals surface area contributed by atoms with E-state index in [0.29, 0.717) is 0 Å². The van der Waals surface area contributed by atoms with Gasteiger partial charge in [0.2, 0.25) is 0 Å². The first-order chi connectivity index (χ1) is 5.54. The Morgan fingerprint density at radius 3 is 2.42 bits per heavy atom. The molecular formula is C8H7F3Sn. The normalized spacial score (nSPS) is 11.7. The number of rotatable bonds is 1. The quantitative estimate of drug-likeness (QED) is 0.690. The van der Waals surface area contributed by atoms with Crippen LogP contribution in [-0.2, 0) is 6.18 Å². The maximum atomic E-state index is 12.1. The first-order valence-corrected chi connectivity index (χ1v) is 7.67. The van der Waals surface area contributed by atoms with Gasteiger partial charge in [0.1, 0.15) is 0 Å². The zero-order chi connectivity index (χ0) is 9.19. The molecule has 64 valence electrons. The Labute approximate surface area is 79.0 Å². The molecule has 0 saturated heterocycles. The average Bonchev–Trinajstić information content (AvgIpc) is 2.03. The first-order valence-electron chi connectivity index (χ1n) is 3.39. The van der Waals surface area contributed by atoms with Crippen molar-refractivity contribution < 1.29 is 13.2 Å². The van der Waals surface area contributed by atoms with Gasteiger partial charge < -0.3 is 0 Å². The van der Waals surface area contributed by atoms with E-state index in [4.69, 9.17) is 0 Å². The Bertz CT molecular complexity index is 267. The summed E-state index contributed by atoms with van der Waals surface area (Å²) < 4.78 is 37.3. The molecule has 2 radical (unpaired) electrons. The van der Waals surface area contributed by atoms with Crippen LogP contribution in [0.2, 0.25) is 4.94 Å². The van der Waals surface area contributed by atoms with Gasteiger partial charge in [-0.1, -0.05) is 0 Å². The number of benzene rings is 1. The van der Waals surface area contributed by atoms with Gasteiger partial charge in [-0.05, 0) is 0 Å². The molecule has 4 heteroatoms. The summed E-state index contributed by atoms with van der Waals surface area (Å²) in [6, 6.07) is 5.61. The molecule has 0 nitrogen and oxygen atoms in total. The van der Waals surface area contributed by atoms with Gasteiger partial charge in [0.05, 0.1) is 0 Å². The Morgan fingerprint density at radius 2 is 1.92 bits per heavy atom. The van der Waals surface area contributed by atoms with Crippen molar-refractivity contribution in [3.63, 3.8) is 0 Å². The zero-order valence-corrected chi connectivity index (χ0v) is 9.30. The minimum atomic E-state index is -4.19. The molecule has 1 aromatic rings. The number of hydrogen-bond acceptors (Lipinski definition) is 0. The van der Waals surface area contributed by atoms with Crippen molar-refractivity contribution in [3.05, 3.63) is 29.8 Å². The molecule has 0 spiro atoms. The van der Waals surface area contributed by atoms with E-state index in [1.54, 1.807) is 6.07 Å². The number of halogens is 3. The van der Waals surface area contributed by atoms with E-state index >= 15 is 0 Å². The Balaban J connectivity index is 3.02. The molecule has 0 bridgehead atoms. The van der Waals surface area contributed by atoms with Crippen molar-refractivity contribution in [2.75, 3.05) is 0 Å². The molecule has 0 fully saturated rings. The predicted octanol–water partition coefficient (Wildman–Crippen LogP) is 2.08. The summed E-state index contributed by atoms with van der Waals surface area (Å²) in [6.07, 6.45) is -4.19. The summed E-state index contributed by atoms with van der Waals surface area (Å²) in [7, 11) is 0. The minimum absolute atomic E-state index is 0.525. The van der Waals surface area contributed by atoms with Crippen LogP contribution in [0.25, 0.3) is 0 Å². The molecule has 0 unspecified atom stereocenters. The van der Waals surface area contributed by atoms with E-state index in [0.717, 1.165) is 9.65 Å². The second-order valence-corrected chi connectivity index (χ2v) is 5.40. The molecule has 12 heavy (non-hydrogen) atoms. The summed E-state index contributed by atoms with van der Waals surface area (Å²) in [4.78, 5) is 2.00. The summed E-state index contributed by atoms with van der Waals surface area (Å²) in [5.41, 5.74) is -0.525. The Morgan fingerprint density at radius 1 is 1.25 bits per heavy atom. The van der Waals surface area contributed by atoms with Crippen molar-refractivity contribution >= 4 is 24.7 Å². The summed E-state index contributed by atoms with van der Waals surface area (Å²) in [5.74, 6) is 0. The molecule has 0 aliphatic heterocycles. The van der Waals surface area contributed by atoms with E-state index in [9.17, 15) is 13.2 Å². The third-order valence-electron chi connectivity index (χ3n) is 1.48. The summed E-state index contributed by atoms with van der Waals surface area (Å²) in [6.45, 7) is 0. The van der Waals surface area contributed by atoms with Crippen LogP contribution in [0, 0.1) is 0 Å². The van der Waals surface area contributed by atoms with Crippen LogP contribution in [-0.4, -0.2) is 21.1 Å². The molecule has 0 aromatic heterocycles. The standard InChI is InChI=1S/C7H4F3.CH3.Sn/c8-7(9,10)6-4-2-1-3-5-6;;/h1-2,4-5H;1H3;. The number of alkyl halides is 3. The molecule has 0 atom stereocenters. The van der Waals surface area contributed by atoms with Crippen LogP contribution in [0.15, 0.2) is 24.3 Å². The SMILES string of the molecule is [CH3][Sn][c]1cccc(C(F)(F)F)c1. The van der Waals surface area contributed by atoms with Gasteiger partial charge in [-0.15, -0.1) is 0 Å². The van der Waals surface area contributed by atoms with Crippen molar-refractivity contribution in [3.8, 4) is 0 Å². The first kappa shape index (κ1) is 9.89. The van der Waals surface area contributed by atoms with Crippen LogP contribution in [0.4, 0.5) is 13.2 Å². The fourth-order valence-electron chi connectivity index (χ4n) is 0.851. The Hall–Kier alpha value is -0.191. The van der Waals surface area contributed by atoms with Crippen molar-refractivity contribution in [1.82, 2.24) is 0 Å². The fraction of sp³-hybridized carbons (Fsp3) is 0.250. The van der Waals surface area contributed by atoms with Crippen LogP contribution >= 0.6 is 0 Å². The molecule has 0 aliphatic carbocycles. The molecular weight excluding hydrogens is 272 g/mol. The molecule has 1 rings (SSSR count). The van der Waals surface area contributed by atoms with Gasteiger partial charge in [-0.25, -0.2) is 0 Å². The number of hydrogen-bond donors (Lipinski definition) is 0. The van der Waals surface area contributed by atoms with Crippen LogP contribution in [0.1, 0.15) is 5.56 Å². The molecule has 0 saturated carbocycles. The van der Waals surface area contributed by atoms with Crippen LogP contribution in [0.3, 0.4) is 0 Å². The van der Waals surface area contributed by atoms with Gasteiger partial charge in [-0.2, -0.15) is 0 Å². The Kier molecular flexibility index (Phi) is 3.03. The molecule has 0 amide bonds. The van der Waals surface area contributed by atoms with Gasteiger partial charge in [0, 0.05) is 0 Å². The average molecular weight is 279 g/mol. The van der Waals surface area contributed by atoms with Gasteiger partial charge in [0.25, 0.3) is 0 Å². The van der Waals surface area contributed by atoms with Gasteiger partial charge in [-0.3, -0.25) is 0 Å². The molecule has 0 N–H and O–H groups in total. The van der Waals surface area contributed by atoms with Crippen molar-refractivity contribution in [2.24, 2.45) is 0 Å². The van der Waals surface area contributed by atoms with E-state index < -0.39 is 32.9 Å². The molecule has 0 aliphatic rings. The van der Waals surface area contributed by atoms with Gasteiger partial charge >= 0.3 is 78.8 Å². The van der Waals surface area contributed by atoms with Crippen molar-refractivity contribution in [2.45, 2.75) is 11.1 Å². The van der Waals surface area contributed by atoms with E-state index in [-0.39, 0.29) is 0 Å². The second-order valence-electron chi connectivity index (χ2n) is 2.33.